The van der Waals surface area contributed by atoms with Crippen molar-refractivity contribution in [1.82, 2.24) is 10.2 Å². The smallest absolute Gasteiger partial charge is 0.223 e. The molecule has 2 aliphatic rings. The first-order valence-corrected chi connectivity index (χ1v) is 9.78. The molecular weight excluding hydrogens is 368 g/mol. The minimum absolute atomic E-state index is 0.0894. The maximum absolute atomic E-state index is 12.8. The summed E-state index contributed by atoms with van der Waals surface area (Å²) < 4.78 is 11.2. The zero-order chi connectivity index (χ0) is 20.4. The minimum Gasteiger partial charge on any atom is -0.486 e. The lowest BCUT2D eigenvalue weighted by molar-refractivity contribution is -0.130. The number of hydrogen-bond donors (Lipinski definition) is 1. The van der Waals surface area contributed by atoms with Gasteiger partial charge < -0.3 is 19.7 Å². The maximum atomic E-state index is 12.8. The lowest BCUT2D eigenvalue weighted by atomic mass is 9.93. The highest BCUT2D eigenvalue weighted by Gasteiger charge is 2.28. The maximum Gasteiger partial charge on any atom is 0.223 e. The van der Waals surface area contributed by atoms with Crippen LogP contribution in [0.15, 0.2) is 48.7 Å². The van der Waals surface area contributed by atoms with Crippen LogP contribution in [0.1, 0.15) is 49.0 Å². The molecule has 29 heavy (non-hydrogen) atoms. The number of rotatable bonds is 4. The first-order valence-electron chi connectivity index (χ1n) is 9.78. The SMILES string of the molecule is CC(=O)N1C=Cc2ccccc2C1CC(=O)NC(C)c1ccc2c(c1)OCCO2. The predicted octanol–water partition coefficient (Wildman–Crippen LogP) is 3.60. The molecule has 0 bridgehead atoms. The summed E-state index contributed by atoms with van der Waals surface area (Å²) >= 11 is 0. The average Bonchev–Trinajstić information content (AvgIpc) is 2.73. The highest BCUT2D eigenvalue weighted by atomic mass is 16.6. The summed E-state index contributed by atoms with van der Waals surface area (Å²) in [5, 5.41) is 3.04. The molecule has 6 heteroatoms. The highest BCUT2D eigenvalue weighted by Crippen LogP contribution is 2.34. The van der Waals surface area contributed by atoms with Gasteiger partial charge in [-0.3, -0.25) is 9.59 Å². The van der Waals surface area contributed by atoms with E-state index >= 15 is 0 Å². The molecule has 2 aromatic carbocycles. The van der Waals surface area contributed by atoms with E-state index in [1.165, 1.54) is 6.92 Å². The molecule has 0 fully saturated rings. The quantitative estimate of drug-likeness (QED) is 0.863. The molecule has 0 aliphatic carbocycles. The summed E-state index contributed by atoms with van der Waals surface area (Å²) in [5.41, 5.74) is 2.95. The standard InChI is InChI=1S/C23H24N2O4/c1-15(18-7-8-21-22(13-18)29-12-11-28-21)24-23(27)14-20-19-6-4-3-5-17(19)9-10-25(20)16(2)26/h3-10,13,15,20H,11-12,14H2,1-2H3,(H,24,27). The van der Waals surface area contributed by atoms with Crippen molar-refractivity contribution in [1.29, 1.82) is 0 Å². The van der Waals surface area contributed by atoms with Crippen LogP contribution in [0.3, 0.4) is 0 Å². The van der Waals surface area contributed by atoms with E-state index in [0.29, 0.717) is 19.0 Å². The lowest BCUT2D eigenvalue weighted by Gasteiger charge is -2.32. The Kier molecular flexibility index (Phi) is 5.25. The summed E-state index contributed by atoms with van der Waals surface area (Å²) in [6.07, 6.45) is 3.85. The Balaban J connectivity index is 1.48. The third-order valence-corrected chi connectivity index (χ3v) is 5.29. The second kappa shape index (κ2) is 7.99. The summed E-state index contributed by atoms with van der Waals surface area (Å²) in [6.45, 7) is 4.51. The third kappa shape index (κ3) is 3.97. The van der Waals surface area contributed by atoms with E-state index in [1.54, 1.807) is 11.1 Å². The number of fused-ring (bicyclic) bond motifs is 2. The van der Waals surface area contributed by atoms with Gasteiger partial charge in [0.25, 0.3) is 0 Å². The Labute approximate surface area is 170 Å². The number of carbonyl (C=O) groups excluding carboxylic acids is 2. The molecule has 2 unspecified atom stereocenters. The van der Waals surface area contributed by atoms with Crippen LogP contribution in [0.4, 0.5) is 0 Å². The molecule has 2 heterocycles. The fourth-order valence-electron chi connectivity index (χ4n) is 3.80. The molecule has 2 atom stereocenters. The molecule has 2 aromatic rings. The molecule has 0 aromatic heterocycles. The van der Waals surface area contributed by atoms with Crippen LogP contribution in [-0.4, -0.2) is 29.9 Å². The lowest BCUT2D eigenvalue weighted by Crippen LogP contribution is -2.36. The third-order valence-electron chi connectivity index (χ3n) is 5.29. The van der Waals surface area contributed by atoms with E-state index < -0.39 is 0 Å². The van der Waals surface area contributed by atoms with Crippen LogP contribution >= 0.6 is 0 Å². The average molecular weight is 392 g/mol. The number of hydrogen-bond acceptors (Lipinski definition) is 4. The normalized spacial score (nSPS) is 18.0. The monoisotopic (exact) mass is 392 g/mol. The van der Waals surface area contributed by atoms with Crippen LogP contribution in [0.5, 0.6) is 11.5 Å². The fourth-order valence-corrected chi connectivity index (χ4v) is 3.80. The molecule has 0 spiro atoms. The molecule has 2 aliphatic heterocycles. The second-order valence-electron chi connectivity index (χ2n) is 7.28. The van der Waals surface area contributed by atoms with Gasteiger partial charge in [-0.15, -0.1) is 0 Å². The molecule has 0 saturated heterocycles. The van der Waals surface area contributed by atoms with Crippen LogP contribution in [0.25, 0.3) is 6.08 Å². The number of amides is 2. The van der Waals surface area contributed by atoms with Gasteiger partial charge in [0, 0.05) is 13.1 Å². The zero-order valence-corrected chi connectivity index (χ0v) is 16.6. The largest absolute Gasteiger partial charge is 0.486 e. The van der Waals surface area contributed by atoms with E-state index in [-0.39, 0.29) is 30.3 Å². The van der Waals surface area contributed by atoms with Crippen LogP contribution in [0, 0.1) is 0 Å². The van der Waals surface area contributed by atoms with Crippen molar-refractivity contribution in [3.8, 4) is 11.5 Å². The number of ether oxygens (including phenoxy) is 2. The summed E-state index contributed by atoms with van der Waals surface area (Å²) in [7, 11) is 0. The summed E-state index contributed by atoms with van der Waals surface area (Å²) in [4.78, 5) is 26.6. The van der Waals surface area contributed by atoms with Crippen molar-refractivity contribution in [2.24, 2.45) is 0 Å². The summed E-state index contributed by atoms with van der Waals surface area (Å²) in [5.74, 6) is 1.22. The number of nitrogens with zero attached hydrogens (tertiary/aromatic N) is 1. The van der Waals surface area contributed by atoms with Gasteiger partial charge in [-0.1, -0.05) is 30.3 Å². The molecule has 0 radical (unpaired) electrons. The number of carbonyl (C=O) groups is 2. The Bertz CT molecular complexity index is 969. The molecule has 6 nitrogen and oxygen atoms in total. The minimum atomic E-state index is -0.318. The Morgan fingerprint density at radius 1 is 1.14 bits per heavy atom. The highest BCUT2D eigenvalue weighted by molar-refractivity contribution is 5.82. The Hall–Kier alpha value is -3.28. The van der Waals surface area contributed by atoms with Gasteiger partial charge >= 0.3 is 0 Å². The van der Waals surface area contributed by atoms with Crippen molar-refractivity contribution in [2.45, 2.75) is 32.4 Å². The molecule has 150 valence electrons. The first kappa shape index (κ1) is 19.1. The van der Waals surface area contributed by atoms with Crippen LogP contribution in [0.2, 0.25) is 0 Å². The Morgan fingerprint density at radius 3 is 2.69 bits per heavy atom. The van der Waals surface area contributed by atoms with Gasteiger partial charge in [0.05, 0.1) is 18.5 Å². The first-order chi connectivity index (χ1) is 14.0. The van der Waals surface area contributed by atoms with E-state index in [9.17, 15) is 9.59 Å². The van der Waals surface area contributed by atoms with Crippen LogP contribution < -0.4 is 14.8 Å². The predicted molar refractivity (Wildman–Crippen MR) is 109 cm³/mol. The van der Waals surface area contributed by atoms with Crippen molar-refractivity contribution in [3.63, 3.8) is 0 Å². The van der Waals surface area contributed by atoms with E-state index in [4.69, 9.17) is 9.47 Å². The number of benzene rings is 2. The van der Waals surface area contributed by atoms with E-state index in [0.717, 1.165) is 22.4 Å². The van der Waals surface area contributed by atoms with Gasteiger partial charge in [-0.2, -0.15) is 0 Å². The molecule has 1 N–H and O–H groups in total. The molecule has 4 rings (SSSR count). The van der Waals surface area contributed by atoms with Crippen molar-refractivity contribution in [3.05, 3.63) is 65.4 Å². The van der Waals surface area contributed by atoms with Gasteiger partial charge in [0.1, 0.15) is 13.2 Å². The second-order valence-corrected chi connectivity index (χ2v) is 7.28. The van der Waals surface area contributed by atoms with Crippen molar-refractivity contribution >= 4 is 17.9 Å². The van der Waals surface area contributed by atoms with E-state index in [2.05, 4.69) is 5.32 Å². The van der Waals surface area contributed by atoms with E-state index in [1.807, 2.05) is 55.5 Å². The Morgan fingerprint density at radius 2 is 1.90 bits per heavy atom. The molecular formula is C23H24N2O4. The van der Waals surface area contributed by atoms with Gasteiger partial charge in [-0.05, 0) is 41.8 Å². The fraction of sp³-hybridized carbons (Fsp3) is 0.304. The topological polar surface area (TPSA) is 67.9 Å². The van der Waals surface area contributed by atoms with Crippen molar-refractivity contribution in [2.75, 3.05) is 13.2 Å². The molecule has 2 amide bonds. The number of nitrogens with one attached hydrogen (secondary N) is 1. The van der Waals surface area contributed by atoms with Gasteiger partial charge in [0.15, 0.2) is 11.5 Å². The molecule has 0 saturated carbocycles. The van der Waals surface area contributed by atoms with Gasteiger partial charge in [0.2, 0.25) is 11.8 Å². The summed E-state index contributed by atoms with van der Waals surface area (Å²) in [6, 6.07) is 13.0. The zero-order valence-electron chi connectivity index (χ0n) is 16.6. The van der Waals surface area contributed by atoms with Crippen molar-refractivity contribution < 1.29 is 19.1 Å². The van der Waals surface area contributed by atoms with Crippen LogP contribution in [-0.2, 0) is 9.59 Å². The van der Waals surface area contributed by atoms with Gasteiger partial charge in [-0.25, -0.2) is 0 Å².